The number of ether oxygens (including phenoxy) is 1. The molecule has 20 heavy (non-hydrogen) atoms. The van der Waals surface area contributed by atoms with Gasteiger partial charge in [0, 0.05) is 32.7 Å². The third-order valence-corrected chi connectivity index (χ3v) is 2.87. The lowest BCUT2D eigenvalue weighted by atomic mass is 10.4. The maximum Gasteiger partial charge on any atom is 0.203 e. The number of aromatic nitrogens is 4. The van der Waals surface area contributed by atoms with E-state index in [1.54, 1.807) is 13.3 Å². The molecule has 1 N–H and O–H groups in total. The second-order valence-electron chi connectivity index (χ2n) is 4.70. The minimum Gasteiger partial charge on any atom is -0.385 e. The zero-order chi connectivity index (χ0) is 14.4. The molecule has 6 nitrogen and oxygen atoms in total. The maximum absolute atomic E-state index is 5.04. The molecular formula is C14H21N5O. The molecule has 2 aromatic heterocycles. The summed E-state index contributed by atoms with van der Waals surface area (Å²) in [6, 6.07) is 1.93. The van der Waals surface area contributed by atoms with Crippen molar-refractivity contribution < 1.29 is 4.74 Å². The zero-order valence-electron chi connectivity index (χ0n) is 12.3. The number of nitrogens with one attached hydrogen (secondary N) is 1. The van der Waals surface area contributed by atoms with Crippen LogP contribution in [0.4, 0.5) is 5.95 Å². The molecule has 0 saturated carbocycles. The van der Waals surface area contributed by atoms with Crippen LogP contribution < -0.4 is 5.32 Å². The van der Waals surface area contributed by atoms with Crippen LogP contribution in [0.15, 0.2) is 18.5 Å². The minimum absolute atomic E-state index is 0.691. The van der Waals surface area contributed by atoms with Gasteiger partial charge in [0.15, 0.2) is 0 Å². The third kappa shape index (κ3) is 4.03. The molecule has 108 valence electrons. The van der Waals surface area contributed by atoms with Crippen LogP contribution in [0.1, 0.15) is 23.6 Å². The molecular weight excluding hydrogens is 254 g/mol. The van der Waals surface area contributed by atoms with Gasteiger partial charge in [-0.3, -0.25) is 0 Å². The van der Waals surface area contributed by atoms with Crippen LogP contribution in [0.2, 0.25) is 0 Å². The molecule has 2 rings (SSSR count). The van der Waals surface area contributed by atoms with Crippen molar-refractivity contribution in [3.05, 3.63) is 35.7 Å². The van der Waals surface area contributed by atoms with Gasteiger partial charge in [0.05, 0.1) is 17.9 Å². The Labute approximate surface area is 119 Å². The average molecular weight is 275 g/mol. The molecule has 0 bridgehead atoms. The van der Waals surface area contributed by atoms with E-state index in [1.165, 1.54) is 0 Å². The SMILES string of the molecule is COCCCNc1nc(C)cn1Cc1ccnc(C)n1. The van der Waals surface area contributed by atoms with Crippen molar-refractivity contribution in [3.8, 4) is 0 Å². The molecule has 0 radical (unpaired) electrons. The highest BCUT2D eigenvalue weighted by molar-refractivity contribution is 5.29. The Bertz CT molecular complexity index is 552. The number of hydrogen-bond donors (Lipinski definition) is 1. The molecule has 0 atom stereocenters. The molecule has 0 fully saturated rings. The summed E-state index contributed by atoms with van der Waals surface area (Å²) in [6.07, 6.45) is 4.76. The summed E-state index contributed by atoms with van der Waals surface area (Å²) in [7, 11) is 1.71. The van der Waals surface area contributed by atoms with E-state index >= 15 is 0 Å². The molecule has 0 saturated heterocycles. The molecule has 0 unspecified atom stereocenters. The summed E-state index contributed by atoms with van der Waals surface area (Å²) in [5, 5.41) is 3.33. The second kappa shape index (κ2) is 7.00. The summed E-state index contributed by atoms with van der Waals surface area (Å²) in [4.78, 5) is 13.0. The predicted octanol–water partition coefficient (Wildman–Crippen LogP) is 1.79. The molecule has 0 aliphatic carbocycles. The first kappa shape index (κ1) is 14.5. The van der Waals surface area contributed by atoms with Crippen LogP contribution in [0.3, 0.4) is 0 Å². The van der Waals surface area contributed by atoms with Gasteiger partial charge in [0.2, 0.25) is 5.95 Å². The molecule has 0 aliphatic rings. The van der Waals surface area contributed by atoms with Gasteiger partial charge < -0.3 is 14.6 Å². The fourth-order valence-corrected chi connectivity index (χ4v) is 1.99. The van der Waals surface area contributed by atoms with E-state index < -0.39 is 0 Å². The first-order chi connectivity index (χ1) is 9.69. The monoisotopic (exact) mass is 275 g/mol. The molecule has 0 amide bonds. The van der Waals surface area contributed by atoms with Gasteiger partial charge in [-0.15, -0.1) is 0 Å². The standard InChI is InChI=1S/C14H21N5O/c1-11-9-19(10-13-5-7-15-12(2)18-13)14(17-11)16-6-4-8-20-3/h5,7,9H,4,6,8,10H2,1-3H3,(H,16,17). The van der Waals surface area contributed by atoms with Crippen molar-refractivity contribution >= 4 is 5.95 Å². The Hall–Kier alpha value is -1.95. The fourth-order valence-electron chi connectivity index (χ4n) is 1.99. The Morgan fingerprint density at radius 2 is 2.15 bits per heavy atom. The van der Waals surface area contributed by atoms with Crippen LogP contribution in [-0.2, 0) is 11.3 Å². The van der Waals surface area contributed by atoms with Gasteiger partial charge in [-0.05, 0) is 26.3 Å². The Balaban J connectivity index is 2.03. The van der Waals surface area contributed by atoms with Gasteiger partial charge in [-0.2, -0.15) is 0 Å². The topological polar surface area (TPSA) is 64.9 Å². The van der Waals surface area contributed by atoms with Gasteiger partial charge in [-0.1, -0.05) is 0 Å². The quantitative estimate of drug-likeness (QED) is 0.780. The molecule has 6 heteroatoms. The number of nitrogens with zero attached hydrogens (tertiary/aromatic N) is 4. The van der Waals surface area contributed by atoms with Crippen LogP contribution in [0.5, 0.6) is 0 Å². The molecule has 0 spiro atoms. The molecule has 2 aromatic rings. The molecule has 0 aliphatic heterocycles. The molecule has 0 aromatic carbocycles. The van der Waals surface area contributed by atoms with Crippen molar-refractivity contribution in [2.24, 2.45) is 0 Å². The lowest BCUT2D eigenvalue weighted by Crippen LogP contribution is -2.11. The van der Waals surface area contributed by atoms with Crippen molar-refractivity contribution in [2.75, 3.05) is 25.6 Å². The smallest absolute Gasteiger partial charge is 0.203 e. The first-order valence-electron chi connectivity index (χ1n) is 6.74. The van der Waals surface area contributed by atoms with Crippen molar-refractivity contribution in [2.45, 2.75) is 26.8 Å². The van der Waals surface area contributed by atoms with Crippen LogP contribution in [0.25, 0.3) is 0 Å². The van der Waals surface area contributed by atoms with Gasteiger partial charge in [-0.25, -0.2) is 15.0 Å². The number of imidazole rings is 1. The van der Waals surface area contributed by atoms with Crippen molar-refractivity contribution in [1.29, 1.82) is 0 Å². The summed E-state index contributed by atoms with van der Waals surface area (Å²) in [5.41, 5.74) is 1.97. The summed E-state index contributed by atoms with van der Waals surface area (Å²) in [5.74, 6) is 1.66. The third-order valence-electron chi connectivity index (χ3n) is 2.87. The van der Waals surface area contributed by atoms with E-state index in [-0.39, 0.29) is 0 Å². The van der Waals surface area contributed by atoms with E-state index in [2.05, 4.69) is 24.8 Å². The van der Waals surface area contributed by atoms with Crippen LogP contribution >= 0.6 is 0 Å². The van der Waals surface area contributed by atoms with E-state index in [1.807, 2.05) is 26.1 Å². The van der Waals surface area contributed by atoms with E-state index in [0.717, 1.165) is 42.7 Å². The van der Waals surface area contributed by atoms with Crippen LogP contribution in [0, 0.1) is 13.8 Å². The Morgan fingerprint density at radius 1 is 1.30 bits per heavy atom. The Morgan fingerprint density at radius 3 is 2.90 bits per heavy atom. The first-order valence-corrected chi connectivity index (χ1v) is 6.74. The number of hydrogen-bond acceptors (Lipinski definition) is 5. The zero-order valence-corrected chi connectivity index (χ0v) is 12.3. The van der Waals surface area contributed by atoms with E-state index in [0.29, 0.717) is 6.54 Å². The van der Waals surface area contributed by atoms with Gasteiger partial charge in [0.25, 0.3) is 0 Å². The number of rotatable bonds is 7. The predicted molar refractivity (Wildman–Crippen MR) is 77.8 cm³/mol. The molecule has 2 heterocycles. The minimum atomic E-state index is 0.691. The number of methoxy groups -OCH3 is 1. The lowest BCUT2D eigenvalue weighted by molar-refractivity contribution is 0.197. The Kier molecular flexibility index (Phi) is 5.06. The van der Waals surface area contributed by atoms with Crippen molar-refractivity contribution in [3.63, 3.8) is 0 Å². The van der Waals surface area contributed by atoms with Gasteiger partial charge >= 0.3 is 0 Å². The normalized spacial score (nSPS) is 10.8. The fraction of sp³-hybridized carbons (Fsp3) is 0.500. The van der Waals surface area contributed by atoms with Gasteiger partial charge in [0.1, 0.15) is 5.82 Å². The summed E-state index contributed by atoms with van der Waals surface area (Å²) >= 11 is 0. The summed E-state index contributed by atoms with van der Waals surface area (Å²) in [6.45, 7) is 6.16. The average Bonchev–Trinajstić information content (AvgIpc) is 2.75. The van der Waals surface area contributed by atoms with E-state index in [4.69, 9.17) is 4.74 Å². The number of aryl methyl sites for hydroxylation is 2. The summed E-state index contributed by atoms with van der Waals surface area (Å²) < 4.78 is 7.11. The largest absolute Gasteiger partial charge is 0.385 e. The highest BCUT2D eigenvalue weighted by Gasteiger charge is 2.06. The second-order valence-corrected chi connectivity index (χ2v) is 4.70. The van der Waals surface area contributed by atoms with Crippen molar-refractivity contribution in [1.82, 2.24) is 19.5 Å². The number of anilines is 1. The highest BCUT2D eigenvalue weighted by atomic mass is 16.5. The lowest BCUT2D eigenvalue weighted by Gasteiger charge is -2.09. The van der Waals surface area contributed by atoms with E-state index in [9.17, 15) is 0 Å². The highest BCUT2D eigenvalue weighted by Crippen LogP contribution is 2.11. The van der Waals surface area contributed by atoms with Crippen LogP contribution in [-0.4, -0.2) is 39.8 Å². The maximum atomic E-state index is 5.04.